The molecule has 41 heavy (non-hydrogen) atoms. The van der Waals surface area contributed by atoms with Gasteiger partial charge >= 0.3 is 0 Å². The number of aryl methyl sites for hydroxylation is 1. The Morgan fingerprint density at radius 2 is 1.66 bits per heavy atom. The van der Waals surface area contributed by atoms with E-state index in [4.69, 9.17) is 33.2 Å². The molecule has 0 aliphatic carbocycles. The van der Waals surface area contributed by atoms with Gasteiger partial charge in [-0.2, -0.15) is 0 Å². The van der Waals surface area contributed by atoms with E-state index in [-0.39, 0.29) is 5.56 Å². The molecule has 6 rings (SSSR count). The Morgan fingerprint density at radius 1 is 0.902 bits per heavy atom. The van der Waals surface area contributed by atoms with E-state index in [1.54, 1.807) is 28.8 Å². The summed E-state index contributed by atoms with van der Waals surface area (Å²) < 4.78 is 2.40. The van der Waals surface area contributed by atoms with Gasteiger partial charge in [0.1, 0.15) is 11.6 Å². The molecule has 0 spiro atoms. The van der Waals surface area contributed by atoms with Crippen molar-refractivity contribution in [3.63, 3.8) is 0 Å². The minimum atomic E-state index is -0.192. The van der Waals surface area contributed by atoms with Gasteiger partial charge in [0.25, 0.3) is 5.56 Å². The van der Waals surface area contributed by atoms with Crippen LogP contribution in [0.2, 0.25) is 10.0 Å². The van der Waals surface area contributed by atoms with Crippen molar-refractivity contribution < 1.29 is 0 Å². The van der Waals surface area contributed by atoms with Gasteiger partial charge in [-0.3, -0.25) is 4.79 Å². The first-order chi connectivity index (χ1) is 19.9. The molecule has 0 amide bonds. The van der Waals surface area contributed by atoms with E-state index in [0.717, 1.165) is 21.4 Å². The van der Waals surface area contributed by atoms with Crippen molar-refractivity contribution in [1.82, 2.24) is 14.5 Å². The van der Waals surface area contributed by atoms with E-state index in [2.05, 4.69) is 26.6 Å². The highest BCUT2D eigenvalue weighted by Gasteiger charge is 2.18. The fraction of sp³-hybridized carbons (Fsp3) is 0.0645. The van der Waals surface area contributed by atoms with Gasteiger partial charge in [0, 0.05) is 27.6 Å². The van der Waals surface area contributed by atoms with E-state index in [0.29, 0.717) is 49.8 Å². The minimum absolute atomic E-state index is 0.192. The lowest BCUT2D eigenvalue weighted by molar-refractivity contribution is 0.844. The van der Waals surface area contributed by atoms with E-state index in [1.165, 1.54) is 16.9 Å². The summed E-state index contributed by atoms with van der Waals surface area (Å²) >= 11 is 17.7. The first-order valence-electron chi connectivity index (χ1n) is 12.7. The third-order valence-corrected chi connectivity index (χ3v) is 8.44. The largest absolute Gasteiger partial charge is 0.353 e. The molecule has 0 radical (unpaired) electrons. The van der Waals surface area contributed by atoms with Gasteiger partial charge in [0.05, 0.1) is 26.6 Å². The zero-order chi connectivity index (χ0) is 28.5. The zero-order valence-electron chi connectivity index (χ0n) is 21.7. The normalized spacial score (nSPS) is 11.1. The molecule has 0 atom stereocenters. The predicted molar refractivity (Wildman–Crippen MR) is 174 cm³/mol. The first kappa shape index (κ1) is 27.5. The monoisotopic (exact) mass is 661 g/mol. The fourth-order valence-corrected chi connectivity index (χ4v) is 6.07. The number of hydrogen-bond acceptors (Lipinski definition) is 6. The summed E-state index contributed by atoms with van der Waals surface area (Å²) in [4.78, 5) is 23.7. The average Bonchev–Trinajstić information content (AvgIpc) is 3.41. The number of fused-ring (bicyclic) bond motifs is 1. The number of thiazole rings is 1. The molecule has 0 unspecified atom stereocenters. The van der Waals surface area contributed by atoms with Gasteiger partial charge < -0.3 is 10.6 Å². The van der Waals surface area contributed by atoms with Crippen LogP contribution in [0.25, 0.3) is 16.0 Å². The zero-order valence-corrected chi connectivity index (χ0v) is 25.6. The molecule has 0 saturated heterocycles. The van der Waals surface area contributed by atoms with Gasteiger partial charge in [0.2, 0.25) is 0 Å². The quantitative estimate of drug-likeness (QED) is 0.178. The molecule has 2 aromatic heterocycles. The molecule has 2 N–H and O–H groups in total. The molecule has 0 aliphatic rings. The molecular weight excluding hydrogens is 641 g/mol. The number of nitrogens with zero attached hydrogens (tertiary/aromatic N) is 3. The SMILES string of the molecule is Cc1ccc(Nc2csc(-n3c(Cc4ccccc4Nc4c(Cl)cccc4Cl)nc4ccc(Br)cc4c3=O)n2)cc1. The number of nitrogens with one attached hydrogen (secondary N) is 2. The lowest BCUT2D eigenvalue weighted by atomic mass is 10.1. The third kappa shape index (κ3) is 5.87. The summed E-state index contributed by atoms with van der Waals surface area (Å²) in [5.41, 5.74) is 4.84. The number of hydrogen-bond donors (Lipinski definition) is 2. The van der Waals surface area contributed by atoms with Crippen LogP contribution in [0.15, 0.2) is 99.6 Å². The lowest BCUT2D eigenvalue weighted by Gasteiger charge is -2.16. The number of rotatable bonds is 7. The number of halogens is 3. The molecule has 204 valence electrons. The van der Waals surface area contributed by atoms with Crippen LogP contribution in [0.5, 0.6) is 0 Å². The van der Waals surface area contributed by atoms with Crippen LogP contribution in [0, 0.1) is 6.92 Å². The molecule has 6 nitrogen and oxygen atoms in total. The highest BCUT2D eigenvalue weighted by Crippen LogP contribution is 2.34. The lowest BCUT2D eigenvalue weighted by Crippen LogP contribution is -2.24. The highest BCUT2D eigenvalue weighted by atomic mass is 79.9. The summed E-state index contributed by atoms with van der Waals surface area (Å²) in [6, 6.07) is 26.7. The van der Waals surface area contributed by atoms with Crippen molar-refractivity contribution in [2.45, 2.75) is 13.3 Å². The third-order valence-electron chi connectivity index (χ3n) is 6.50. The summed E-state index contributed by atoms with van der Waals surface area (Å²) in [7, 11) is 0. The van der Waals surface area contributed by atoms with Crippen LogP contribution in [0.3, 0.4) is 0 Å². The van der Waals surface area contributed by atoms with Crippen LogP contribution in [0.4, 0.5) is 22.9 Å². The predicted octanol–water partition coefficient (Wildman–Crippen LogP) is 9.30. The van der Waals surface area contributed by atoms with Crippen LogP contribution in [-0.2, 0) is 6.42 Å². The Hall–Kier alpha value is -3.69. The average molecular weight is 663 g/mol. The van der Waals surface area contributed by atoms with Gasteiger partial charge in [0.15, 0.2) is 5.13 Å². The number of para-hydroxylation sites is 2. The summed E-state index contributed by atoms with van der Waals surface area (Å²) in [5.74, 6) is 1.21. The molecule has 0 aliphatic heterocycles. The van der Waals surface area contributed by atoms with E-state index in [1.807, 2.05) is 73.0 Å². The second-order valence-electron chi connectivity index (χ2n) is 9.39. The van der Waals surface area contributed by atoms with Gasteiger partial charge in [-0.25, -0.2) is 14.5 Å². The Balaban J connectivity index is 1.43. The number of anilines is 4. The van der Waals surface area contributed by atoms with Gasteiger partial charge in [-0.15, -0.1) is 11.3 Å². The van der Waals surface area contributed by atoms with Crippen LogP contribution < -0.4 is 16.2 Å². The van der Waals surface area contributed by atoms with Gasteiger partial charge in [-0.05, 0) is 61.0 Å². The first-order valence-corrected chi connectivity index (χ1v) is 15.1. The van der Waals surface area contributed by atoms with Crippen molar-refractivity contribution in [2.24, 2.45) is 0 Å². The van der Waals surface area contributed by atoms with E-state index in [9.17, 15) is 4.79 Å². The van der Waals surface area contributed by atoms with Crippen LogP contribution in [-0.4, -0.2) is 14.5 Å². The topological polar surface area (TPSA) is 71.8 Å². The molecular formula is C31H22BrCl2N5OS. The van der Waals surface area contributed by atoms with Crippen molar-refractivity contribution in [2.75, 3.05) is 10.6 Å². The van der Waals surface area contributed by atoms with Gasteiger partial charge in [-0.1, -0.05) is 81.1 Å². The molecule has 2 heterocycles. The Labute approximate surface area is 258 Å². The molecule has 10 heteroatoms. The maximum atomic E-state index is 14.0. The molecule has 4 aromatic carbocycles. The minimum Gasteiger partial charge on any atom is -0.353 e. The standard InChI is InChI=1S/C31H22BrCl2N5OS/c1-18-9-12-21(13-10-18)35-27-17-41-31(38-27)39-28(36-26-14-11-20(32)16-22(26)30(39)40)15-19-5-2-3-8-25(19)37-29-23(33)6-4-7-24(29)34/h2-14,16-17,35,37H,15H2,1H3. The maximum absolute atomic E-state index is 14.0. The summed E-state index contributed by atoms with van der Waals surface area (Å²) in [6.45, 7) is 2.04. The second-order valence-corrected chi connectivity index (χ2v) is 12.0. The molecule has 6 aromatic rings. The molecule has 0 fully saturated rings. The highest BCUT2D eigenvalue weighted by molar-refractivity contribution is 9.10. The van der Waals surface area contributed by atoms with Crippen LogP contribution >= 0.6 is 50.5 Å². The van der Waals surface area contributed by atoms with E-state index < -0.39 is 0 Å². The van der Waals surface area contributed by atoms with Crippen molar-refractivity contribution in [1.29, 1.82) is 0 Å². The maximum Gasteiger partial charge on any atom is 0.267 e. The van der Waals surface area contributed by atoms with Crippen LogP contribution in [0.1, 0.15) is 17.0 Å². The van der Waals surface area contributed by atoms with Crippen molar-refractivity contribution >= 4 is 84.3 Å². The molecule has 0 saturated carbocycles. The smallest absolute Gasteiger partial charge is 0.267 e. The molecule has 0 bridgehead atoms. The summed E-state index contributed by atoms with van der Waals surface area (Å²) in [5, 5.41) is 10.6. The number of benzene rings is 4. The Morgan fingerprint density at radius 3 is 2.44 bits per heavy atom. The van der Waals surface area contributed by atoms with Crippen molar-refractivity contribution in [3.8, 4) is 5.13 Å². The fourth-order valence-electron chi connectivity index (χ4n) is 4.45. The number of aromatic nitrogens is 3. The Bertz CT molecular complexity index is 1940. The second kappa shape index (κ2) is 11.7. The van der Waals surface area contributed by atoms with E-state index >= 15 is 0 Å². The van der Waals surface area contributed by atoms with Crippen molar-refractivity contribution in [3.05, 3.63) is 132 Å². The summed E-state index contributed by atoms with van der Waals surface area (Å²) in [6.07, 6.45) is 0.354. The Kier molecular flexibility index (Phi) is 7.81.